The average molecular weight is 552 g/mol. The summed E-state index contributed by atoms with van der Waals surface area (Å²) >= 11 is 0. The highest BCUT2D eigenvalue weighted by Crippen LogP contribution is 2.42. The molecule has 4 rings (SSSR count). The third-order valence-corrected chi connectivity index (χ3v) is 8.61. The monoisotopic (exact) mass is 551 g/mol. The molecule has 13 heteroatoms. The molecule has 4 aliphatic rings. The Balaban J connectivity index is 1.57. The molecule has 38 heavy (non-hydrogen) atoms. The van der Waals surface area contributed by atoms with Crippen LogP contribution in [0.5, 0.6) is 0 Å². The Kier molecular flexibility index (Phi) is 10.0. The first-order chi connectivity index (χ1) is 18.0. The smallest absolute Gasteiger partial charge is 0.302 e. The predicted octanol–water partition coefficient (Wildman–Crippen LogP) is -2.66. The number of ether oxygens (including phenoxy) is 6. The number of carbonyl (C=O) groups is 1. The second-order valence-electron chi connectivity index (χ2n) is 11.1. The van der Waals surface area contributed by atoms with Crippen LogP contribution in [0.3, 0.4) is 0 Å². The number of carbonyl (C=O) groups excluding carboxylic acids is 1. The summed E-state index contributed by atoms with van der Waals surface area (Å²) in [6, 6.07) is 0. The fourth-order valence-electron chi connectivity index (χ4n) is 6.53. The second-order valence-corrected chi connectivity index (χ2v) is 11.1. The SMILES string of the molecule is COC1CC(C2[OH+]C3CC(O)CC(O)C3CC2O[C@@H]2O[C@H](COC(C)=O)[C@@H](O)[C@@H](O)[C@H]2O)CC(OC)C1O. The van der Waals surface area contributed by atoms with Crippen LogP contribution in [0.25, 0.3) is 0 Å². The summed E-state index contributed by atoms with van der Waals surface area (Å²) in [5, 5.41) is 63.1. The molecule has 220 valence electrons. The average Bonchev–Trinajstić information content (AvgIpc) is 2.88. The van der Waals surface area contributed by atoms with E-state index >= 15 is 0 Å². The van der Waals surface area contributed by atoms with Gasteiger partial charge in [-0.2, -0.15) is 0 Å². The first-order valence-corrected chi connectivity index (χ1v) is 13.3. The highest BCUT2D eigenvalue weighted by Gasteiger charge is 2.56. The molecular formula is C25H43O13+. The summed E-state index contributed by atoms with van der Waals surface area (Å²) in [6.45, 7) is 0.860. The van der Waals surface area contributed by atoms with Crippen molar-refractivity contribution in [1.29, 1.82) is 0 Å². The lowest BCUT2D eigenvalue weighted by molar-refractivity contribution is -0.357. The molecule has 0 aromatic heterocycles. The van der Waals surface area contributed by atoms with Crippen LogP contribution in [0.4, 0.5) is 0 Å². The first kappa shape index (κ1) is 30.0. The van der Waals surface area contributed by atoms with Gasteiger partial charge in [-0.05, 0) is 19.3 Å². The molecule has 0 aromatic carbocycles. The lowest BCUT2D eigenvalue weighted by Gasteiger charge is -2.49. The van der Waals surface area contributed by atoms with Crippen LogP contribution < -0.4 is 0 Å². The van der Waals surface area contributed by atoms with Crippen LogP contribution in [0, 0.1) is 11.8 Å². The molecular weight excluding hydrogens is 508 g/mol. The van der Waals surface area contributed by atoms with E-state index in [1.807, 2.05) is 0 Å². The zero-order chi connectivity index (χ0) is 27.7. The van der Waals surface area contributed by atoms with Gasteiger partial charge in [-0.25, -0.2) is 0 Å². The Morgan fingerprint density at radius 1 is 0.842 bits per heavy atom. The second kappa shape index (κ2) is 12.7. The minimum absolute atomic E-state index is 0.163. The van der Waals surface area contributed by atoms with Crippen molar-refractivity contribution in [2.24, 2.45) is 11.8 Å². The standard InChI is InChI=1S/C25H42O13/c1-10(26)35-9-19-21(30)22(31)23(32)25(38-19)37-18-8-13-14(28)6-12(27)7-15(13)36-24(18)11-4-16(33-2)20(29)17(5-11)34-3/h11-25,27-32H,4-9H2,1-3H3/p+1/t11?,12?,13?,14?,15?,16?,17?,18?,19-,20?,21-,22-,23-,24?,25-/m1/s1. The van der Waals surface area contributed by atoms with E-state index in [0.29, 0.717) is 25.7 Å². The summed E-state index contributed by atoms with van der Waals surface area (Å²) in [5.41, 5.74) is 0. The van der Waals surface area contributed by atoms with Gasteiger partial charge in [-0.1, -0.05) is 0 Å². The summed E-state index contributed by atoms with van der Waals surface area (Å²) in [6.07, 6.45) is -10.1. The molecule has 13 atom stereocenters. The summed E-state index contributed by atoms with van der Waals surface area (Å²) in [4.78, 5) is 11.3. The van der Waals surface area contributed by atoms with E-state index in [4.69, 9.17) is 28.4 Å². The van der Waals surface area contributed by atoms with Gasteiger partial charge < -0.3 is 59.1 Å². The molecule has 2 saturated carbocycles. The third kappa shape index (κ3) is 6.33. The van der Waals surface area contributed by atoms with Crippen molar-refractivity contribution in [2.75, 3.05) is 20.8 Å². The molecule has 0 aromatic rings. The van der Waals surface area contributed by atoms with Crippen molar-refractivity contribution >= 4 is 5.97 Å². The zero-order valence-electron chi connectivity index (χ0n) is 22.0. The van der Waals surface area contributed by atoms with Crippen molar-refractivity contribution in [3.8, 4) is 0 Å². The fourth-order valence-corrected chi connectivity index (χ4v) is 6.53. The molecule has 8 unspecified atom stereocenters. The normalized spacial score (nSPS) is 49.8. The summed E-state index contributed by atoms with van der Waals surface area (Å²) in [7, 11) is 3.03. The van der Waals surface area contributed by atoms with Gasteiger partial charge in [-0.3, -0.25) is 4.79 Å². The lowest BCUT2D eigenvalue weighted by atomic mass is 9.72. The Morgan fingerprint density at radius 3 is 2.11 bits per heavy atom. The summed E-state index contributed by atoms with van der Waals surface area (Å²) in [5.74, 6) is -1.05. The van der Waals surface area contributed by atoms with Crippen LogP contribution in [0.2, 0.25) is 0 Å². The van der Waals surface area contributed by atoms with Gasteiger partial charge in [0.1, 0.15) is 43.2 Å². The largest absolute Gasteiger partial charge is 0.463 e. The molecule has 0 radical (unpaired) electrons. The van der Waals surface area contributed by atoms with Gasteiger partial charge in [0.15, 0.2) is 18.5 Å². The minimum atomic E-state index is -1.61. The topological polar surface area (TPSA) is 197 Å². The van der Waals surface area contributed by atoms with Gasteiger partial charge in [-0.15, -0.1) is 0 Å². The molecule has 0 amide bonds. The number of hydrogen-bond donors (Lipinski definition) is 6. The number of esters is 1. The Hall–Kier alpha value is -0.970. The number of aliphatic hydroxyl groups is 8. The fraction of sp³-hybridized carbons (Fsp3) is 0.960. The van der Waals surface area contributed by atoms with E-state index in [2.05, 4.69) is 0 Å². The number of fused-ring (bicyclic) bond motifs is 1. The van der Waals surface area contributed by atoms with Crippen LogP contribution in [-0.4, -0.2) is 142 Å². The molecule has 2 heterocycles. The molecule has 2 aliphatic carbocycles. The molecule has 2 saturated heterocycles. The number of hydrogen-bond acceptors (Lipinski definition) is 12. The number of aliphatic hydroxyl groups excluding tert-OH is 6. The van der Waals surface area contributed by atoms with E-state index in [0.717, 1.165) is 0 Å². The Morgan fingerprint density at radius 2 is 1.50 bits per heavy atom. The predicted molar refractivity (Wildman–Crippen MR) is 128 cm³/mol. The highest BCUT2D eigenvalue weighted by atomic mass is 16.7. The third-order valence-electron chi connectivity index (χ3n) is 8.61. The van der Waals surface area contributed by atoms with Crippen molar-refractivity contribution in [1.82, 2.24) is 0 Å². The van der Waals surface area contributed by atoms with Crippen molar-refractivity contribution in [3.05, 3.63) is 0 Å². The highest BCUT2D eigenvalue weighted by molar-refractivity contribution is 5.65. The van der Waals surface area contributed by atoms with Crippen LogP contribution >= 0.6 is 0 Å². The molecule has 7 N–H and O–H groups in total. The molecule has 4 fully saturated rings. The number of methoxy groups -OCH3 is 2. The van der Waals surface area contributed by atoms with E-state index in [-0.39, 0.29) is 31.0 Å². The van der Waals surface area contributed by atoms with Gasteiger partial charge in [0, 0.05) is 39.9 Å². The number of rotatable bonds is 7. The molecule has 0 bridgehead atoms. The van der Waals surface area contributed by atoms with Crippen molar-refractivity contribution in [3.63, 3.8) is 0 Å². The van der Waals surface area contributed by atoms with E-state index in [1.54, 1.807) is 0 Å². The molecule has 13 nitrogen and oxygen atoms in total. The minimum Gasteiger partial charge on any atom is -0.463 e. The summed E-state index contributed by atoms with van der Waals surface area (Å²) < 4.78 is 33.0. The molecule has 2 aliphatic heterocycles. The van der Waals surface area contributed by atoms with Gasteiger partial charge in [0.25, 0.3) is 0 Å². The first-order valence-electron chi connectivity index (χ1n) is 13.3. The maximum Gasteiger partial charge on any atom is 0.302 e. The van der Waals surface area contributed by atoms with E-state index in [9.17, 15) is 35.4 Å². The molecule has 0 spiro atoms. The quantitative estimate of drug-likeness (QED) is 0.142. The van der Waals surface area contributed by atoms with Crippen LogP contribution in [0.15, 0.2) is 0 Å². The van der Waals surface area contributed by atoms with Crippen molar-refractivity contribution in [2.45, 2.75) is 119 Å². The maximum atomic E-state index is 11.3. The van der Waals surface area contributed by atoms with Gasteiger partial charge in [0.2, 0.25) is 0 Å². The lowest BCUT2D eigenvalue weighted by Crippen LogP contribution is -2.63. The maximum absolute atomic E-state index is 11.3. The van der Waals surface area contributed by atoms with Crippen LogP contribution in [-0.2, 0) is 28.5 Å². The van der Waals surface area contributed by atoms with Crippen LogP contribution in [0.1, 0.15) is 39.0 Å². The van der Waals surface area contributed by atoms with Crippen molar-refractivity contribution < 1.29 is 63.9 Å². The van der Waals surface area contributed by atoms with Gasteiger partial charge in [0.05, 0.1) is 30.3 Å². The Labute approximate surface area is 221 Å². The van der Waals surface area contributed by atoms with E-state index < -0.39 is 79.4 Å². The zero-order valence-corrected chi connectivity index (χ0v) is 22.0. The van der Waals surface area contributed by atoms with Gasteiger partial charge >= 0.3 is 5.97 Å². The van der Waals surface area contributed by atoms with E-state index in [1.165, 1.54) is 21.1 Å². The Bertz CT molecular complexity index is 770.